The molecule has 1 aliphatic heterocycles. The van der Waals surface area contributed by atoms with Crippen LogP contribution >= 0.6 is 0 Å². The largest absolute Gasteiger partial charge is 0.348 e. The van der Waals surface area contributed by atoms with Crippen molar-refractivity contribution in [2.45, 2.75) is 39.1 Å². The standard InChI is InChI=1S/C24H32N2O3S/c1-18-12-19(2)15-26(14-18)16-23-7-5-4-6-22(23)13-25-24(27)21-10-8-20(9-11-21)17-30(3,28)29/h4-11,18-19H,12-17H2,1-3H3,(H,25,27)/t18-,19-/m1/s1. The van der Waals surface area contributed by atoms with Gasteiger partial charge in [-0.05, 0) is 47.1 Å². The second kappa shape index (κ2) is 9.75. The van der Waals surface area contributed by atoms with Crippen LogP contribution in [-0.2, 0) is 28.7 Å². The third kappa shape index (κ3) is 6.67. The molecule has 1 aliphatic rings. The maximum atomic E-state index is 12.6. The summed E-state index contributed by atoms with van der Waals surface area (Å²) in [4.78, 5) is 15.1. The van der Waals surface area contributed by atoms with E-state index in [0.29, 0.717) is 29.5 Å². The normalized spacial score (nSPS) is 20.1. The quantitative estimate of drug-likeness (QED) is 0.731. The molecule has 162 valence electrons. The number of benzene rings is 2. The van der Waals surface area contributed by atoms with Gasteiger partial charge in [-0.1, -0.05) is 50.2 Å². The summed E-state index contributed by atoms with van der Waals surface area (Å²) in [7, 11) is -3.09. The van der Waals surface area contributed by atoms with Gasteiger partial charge in [0, 0.05) is 38.0 Å². The van der Waals surface area contributed by atoms with E-state index in [-0.39, 0.29) is 11.7 Å². The van der Waals surface area contributed by atoms with Gasteiger partial charge in [-0.15, -0.1) is 0 Å². The third-order valence-electron chi connectivity index (χ3n) is 5.54. The Morgan fingerprint density at radius 2 is 1.60 bits per heavy atom. The monoisotopic (exact) mass is 428 g/mol. The maximum Gasteiger partial charge on any atom is 0.251 e. The highest BCUT2D eigenvalue weighted by Gasteiger charge is 2.22. The van der Waals surface area contributed by atoms with Crippen LogP contribution in [0, 0.1) is 11.8 Å². The van der Waals surface area contributed by atoms with Crippen molar-refractivity contribution < 1.29 is 13.2 Å². The van der Waals surface area contributed by atoms with Crippen LogP contribution in [0.25, 0.3) is 0 Å². The van der Waals surface area contributed by atoms with E-state index in [4.69, 9.17) is 0 Å². The van der Waals surface area contributed by atoms with Crippen LogP contribution in [0.3, 0.4) is 0 Å². The van der Waals surface area contributed by atoms with Crippen molar-refractivity contribution >= 4 is 15.7 Å². The smallest absolute Gasteiger partial charge is 0.251 e. The van der Waals surface area contributed by atoms with Crippen molar-refractivity contribution in [1.82, 2.24) is 10.2 Å². The van der Waals surface area contributed by atoms with Crippen LogP contribution in [0.1, 0.15) is 47.3 Å². The third-order valence-corrected chi connectivity index (χ3v) is 6.40. The molecule has 2 aromatic carbocycles. The predicted octanol–water partition coefficient (Wildman–Crippen LogP) is 3.64. The van der Waals surface area contributed by atoms with Gasteiger partial charge < -0.3 is 5.32 Å². The Kier molecular flexibility index (Phi) is 7.32. The summed E-state index contributed by atoms with van der Waals surface area (Å²) in [6.45, 7) is 8.24. The zero-order valence-corrected chi connectivity index (χ0v) is 18.9. The molecule has 0 bridgehead atoms. The number of rotatable bonds is 7. The van der Waals surface area contributed by atoms with Crippen molar-refractivity contribution in [3.8, 4) is 0 Å². The number of sulfone groups is 1. The zero-order valence-electron chi connectivity index (χ0n) is 18.1. The Hall–Kier alpha value is -2.18. The van der Waals surface area contributed by atoms with E-state index in [0.717, 1.165) is 25.2 Å². The molecule has 0 radical (unpaired) electrons. The van der Waals surface area contributed by atoms with E-state index in [1.165, 1.54) is 18.2 Å². The molecule has 3 rings (SSSR count). The molecule has 1 heterocycles. The van der Waals surface area contributed by atoms with E-state index in [1.807, 2.05) is 6.07 Å². The fourth-order valence-electron chi connectivity index (χ4n) is 4.38. The maximum absolute atomic E-state index is 12.6. The van der Waals surface area contributed by atoms with E-state index < -0.39 is 9.84 Å². The number of nitrogens with one attached hydrogen (secondary N) is 1. The minimum atomic E-state index is -3.09. The molecule has 6 heteroatoms. The van der Waals surface area contributed by atoms with E-state index >= 15 is 0 Å². The van der Waals surface area contributed by atoms with Gasteiger partial charge in [0.05, 0.1) is 5.75 Å². The number of carbonyl (C=O) groups excluding carboxylic acids is 1. The highest BCUT2D eigenvalue weighted by molar-refractivity contribution is 7.89. The van der Waals surface area contributed by atoms with Gasteiger partial charge >= 0.3 is 0 Å². The van der Waals surface area contributed by atoms with Crippen molar-refractivity contribution in [1.29, 1.82) is 0 Å². The second-order valence-electron chi connectivity index (χ2n) is 8.86. The lowest BCUT2D eigenvalue weighted by Gasteiger charge is -2.35. The number of amides is 1. The lowest BCUT2D eigenvalue weighted by Crippen LogP contribution is -2.38. The summed E-state index contributed by atoms with van der Waals surface area (Å²) in [5.41, 5.74) is 3.60. The van der Waals surface area contributed by atoms with Gasteiger partial charge in [-0.25, -0.2) is 8.42 Å². The van der Waals surface area contributed by atoms with Gasteiger partial charge in [-0.3, -0.25) is 9.69 Å². The van der Waals surface area contributed by atoms with Crippen LogP contribution in [0.2, 0.25) is 0 Å². The SMILES string of the molecule is C[C@@H]1C[C@@H](C)CN(Cc2ccccc2CNC(=O)c2ccc(CS(C)(=O)=O)cc2)C1. The van der Waals surface area contributed by atoms with Gasteiger partial charge in [0.15, 0.2) is 9.84 Å². The Morgan fingerprint density at radius 1 is 1.00 bits per heavy atom. The van der Waals surface area contributed by atoms with Gasteiger partial charge in [0.1, 0.15) is 0 Å². The lowest BCUT2D eigenvalue weighted by molar-refractivity contribution is 0.0950. The Bertz CT molecular complexity index is 960. The lowest BCUT2D eigenvalue weighted by atomic mass is 9.91. The molecule has 2 aromatic rings. The Labute approximate surface area is 180 Å². The summed E-state index contributed by atoms with van der Waals surface area (Å²) in [5, 5.41) is 3.00. The first-order chi connectivity index (χ1) is 14.2. The molecule has 0 aromatic heterocycles. The van der Waals surface area contributed by atoms with Gasteiger partial charge in [-0.2, -0.15) is 0 Å². The fraction of sp³-hybridized carbons (Fsp3) is 0.458. The molecule has 2 atom stereocenters. The molecule has 0 aliphatic carbocycles. The first-order valence-electron chi connectivity index (χ1n) is 10.5. The van der Waals surface area contributed by atoms with Crippen LogP contribution < -0.4 is 5.32 Å². The van der Waals surface area contributed by atoms with Gasteiger partial charge in [0.25, 0.3) is 5.91 Å². The topological polar surface area (TPSA) is 66.5 Å². The summed E-state index contributed by atoms with van der Waals surface area (Å²) < 4.78 is 22.8. The summed E-state index contributed by atoms with van der Waals surface area (Å²) >= 11 is 0. The van der Waals surface area contributed by atoms with Crippen molar-refractivity contribution in [2.24, 2.45) is 11.8 Å². The highest BCUT2D eigenvalue weighted by atomic mass is 32.2. The molecule has 5 nitrogen and oxygen atoms in total. The predicted molar refractivity (Wildman–Crippen MR) is 121 cm³/mol. The first-order valence-corrected chi connectivity index (χ1v) is 12.6. The fourth-order valence-corrected chi connectivity index (χ4v) is 5.18. The van der Waals surface area contributed by atoms with E-state index in [9.17, 15) is 13.2 Å². The average molecular weight is 429 g/mol. The number of carbonyl (C=O) groups is 1. The van der Waals surface area contributed by atoms with E-state index in [1.54, 1.807) is 24.3 Å². The van der Waals surface area contributed by atoms with E-state index in [2.05, 4.69) is 42.3 Å². The molecule has 1 fully saturated rings. The van der Waals surface area contributed by atoms with Crippen LogP contribution in [0.5, 0.6) is 0 Å². The summed E-state index contributed by atoms with van der Waals surface area (Å²) in [5.74, 6) is 1.25. The summed E-state index contributed by atoms with van der Waals surface area (Å²) in [6.07, 6.45) is 2.49. The number of likely N-dealkylation sites (tertiary alicyclic amines) is 1. The number of hydrogen-bond acceptors (Lipinski definition) is 4. The van der Waals surface area contributed by atoms with Crippen molar-refractivity contribution in [3.63, 3.8) is 0 Å². The van der Waals surface area contributed by atoms with Gasteiger partial charge in [0.2, 0.25) is 0 Å². The zero-order chi connectivity index (χ0) is 21.7. The molecule has 30 heavy (non-hydrogen) atoms. The molecular weight excluding hydrogens is 396 g/mol. The number of hydrogen-bond donors (Lipinski definition) is 1. The molecule has 1 N–H and O–H groups in total. The Morgan fingerprint density at radius 3 is 2.20 bits per heavy atom. The van der Waals surface area contributed by atoms with Crippen molar-refractivity contribution in [3.05, 3.63) is 70.8 Å². The Balaban J connectivity index is 1.61. The minimum absolute atomic E-state index is 0.0178. The molecule has 1 saturated heterocycles. The van der Waals surface area contributed by atoms with Crippen LogP contribution in [0.4, 0.5) is 0 Å². The molecular formula is C24H32N2O3S. The van der Waals surface area contributed by atoms with Crippen LogP contribution in [-0.4, -0.2) is 38.6 Å². The molecule has 1 amide bonds. The number of nitrogens with zero attached hydrogens (tertiary/aromatic N) is 1. The first kappa shape index (κ1) is 22.5. The van der Waals surface area contributed by atoms with Crippen LogP contribution in [0.15, 0.2) is 48.5 Å². The molecule has 0 spiro atoms. The average Bonchev–Trinajstić information content (AvgIpc) is 2.65. The summed E-state index contributed by atoms with van der Waals surface area (Å²) in [6, 6.07) is 15.0. The number of piperidine rings is 1. The highest BCUT2D eigenvalue weighted by Crippen LogP contribution is 2.23. The second-order valence-corrected chi connectivity index (χ2v) is 11.0. The molecule has 0 saturated carbocycles. The van der Waals surface area contributed by atoms with Crippen molar-refractivity contribution in [2.75, 3.05) is 19.3 Å². The minimum Gasteiger partial charge on any atom is -0.348 e. The molecule has 0 unspecified atom stereocenters.